The lowest BCUT2D eigenvalue weighted by Gasteiger charge is -2.18. The van der Waals surface area contributed by atoms with Gasteiger partial charge in [0.25, 0.3) is 0 Å². The molecule has 0 aliphatic heterocycles. The molecule has 7 heteroatoms. The first-order chi connectivity index (χ1) is 13.6. The number of nitrogens with zero attached hydrogens (tertiary/aromatic N) is 1. The highest BCUT2D eigenvalue weighted by atomic mass is 16.7. The van der Waals surface area contributed by atoms with Gasteiger partial charge in [0.2, 0.25) is 5.75 Å². The van der Waals surface area contributed by atoms with E-state index in [0.717, 1.165) is 41.9 Å². The summed E-state index contributed by atoms with van der Waals surface area (Å²) in [5.41, 5.74) is 3.08. The highest BCUT2D eigenvalue weighted by molar-refractivity contribution is 6.03. The van der Waals surface area contributed by atoms with Crippen LogP contribution in [0.3, 0.4) is 0 Å². The van der Waals surface area contributed by atoms with Crippen LogP contribution in [0.2, 0.25) is 0 Å². The Bertz CT molecular complexity index is 881. The van der Waals surface area contributed by atoms with E-state index in [1.807, 2.05) is 18.2 Å². The van der Waals surface area contributed by atoms with Crippen LogP contribution < -0.4 is 18.9 Å². The molecule has 0 bridgehead atoms. The molecule has 0 radical (unpaired) electrons. The van der Waals surface area contributed by atoms with Crippen LogP contribution in [0.1, 0.15) is 34.3 Å². The fourth-order valence-electron chi connectivity index (χ4n) is 3.19. The zero-order chi connectivity index (χ0) is 20.1. The molecule has 7 nitrogen and oxygen atoms in total. The Kier molecular flexibility index (Phi) is 6.03. The van der Waals surface area contributed by atoms with Crippen LogP contribution in [0.15, 0.2) is 35.5 Å². The summed E-state index contributed by atoms with van der Waals surface area (Å²) >= 11 is 0. The molecule has 28 heavy (non-hydrogen) atoms. The molecule has 148 valence electrons. The molecule has 1 aliphatic rings. The minimum atomic E-state index is -0.609. The second-order valence-corrected chi connectivity index (χ2v) is 6.21. The number of oxime groups is 1. The molecule has 1 aliphatic carbocycles. The summed E-state index contributed by atoms with van der Waals surface area (Å²) in [6.07, 6.45) is 2.63. The Morgan fingerprint density at radius 3 is 2.21 bits per heavy atom. The number of methoxy groups -OCH3 is 4. The van der Waals surface area contributed by atoms with Crippen molar-refractivity contribution in [2.75, 3.05) is 28.4 Å². The van der Waals surface area contributed by atoms with Crippen LogP contribution in [-0.4, -0.2) is 40.1 Å². The summed E-state index contributed by atoms with van der Waals surface area (Å²) in [5.74, 6) is 1.27. The number of ether oxygens (including phenoxy) is 4. The molecule has 0 fully saturated rings. The lowest BCUT2D eigenvalue weighted by atomic mass is 9.90. The lowest BCUT2D eigenvalue weighted by Crippen LogP contribution is -2.14. The first kappa shape index (κ1) is 19.5. The van der Waals surface area contributed by atoms with E-state index in [-0.39, 0.29) is 5.56 Å². The minimum absolute atomic E-state index is 0.250. The molecule has 0 unspecified atom stereocenters. The highest BCUT2D eigenvalue weighted by Gasteiger charge is 2.20. The number of rotatable bonds is 6. The molecule has 0 atom stereocenters. The number of carbonyl (C=O) groups is 1. The first-order valence-corrected chi connectivity index (χ1v) is 8.86. The van der Waals surface area contributed by atoms with Gasteiger partial charge in [-0.1, -0.05) is 11.2 Å². The summed E-state index contributed by atoms with van der Waals surface area (Å²) in [7, 11) is 6.09. The van der Waals surface area contributed by atoms with Crippen molar-refractivity contribution >= 4 is 11.7 Å². The Labute approximate surface area is 163 Å². The van der Waals surface area contributed by atoms with Gasteiger partial charge in [-0.25, -0.2) is 4.79 Å². The van der Waals surface area contributed by atoms with Crippen molar-refractivity contribution in [2.24, 2.45) is 5.16 Å². The van der Waals surface area contributed by atoms with Crippen molar-refractivity contribution in [3.8, 4) is 23.0 Å². The molecule has 2 aromatic carbocycles. The van der Waals surface area contributed by atoms with E-state index in [2.05, 4.69) is 5.16 Å². The van der Waals surface area contributed by atoms with Gasteiger partial charge in [-0.2, -0.15) is 0 Å². The number of benzene rings is 2. The molecular weight excluding hydrogens is 362 g/mol. The molecule has 0 heterocycles. The fraction of sp³-hybridized carbons (Fsp3) is 0.333. The first-order valence-electron chi connectivity index (χ1n) is 8.86. The van der Waals surface area contributed by atoms with Crippen molar-refractivity contribution in [1.82, 2.24) is 0 Å². The molecule has 0 N–H and O–H groups in total. The average molecular weight is 385 g/mol. The molecule has 2 aromatic rings. The Morgan fingerprint density at radius 2 is 1.61 bits per heavy atom. The second kappa shape index (κ2) is 8.65. The third kappa shape index (κ3) is 3.88. The van der Waals surface area contributed by atoms with Crippen LogP contribution in [0.5, 0.6) is 23.0 Å². The molecule has 0 saturated carbocycles. The largest absolute Gasteiger partial charge is 0.497 e. The Hall–Kier alpha value is -3.22. The van der Waals surface area contributed by atoms with Crippen molar-refractivity contribution in [1.29, 1.82) is 0 Å². The summed E-state index contributed by atoms with van der Waals surface area (Å²) < 4.78 is 21.1. The topological polar surface area (TPSA) is 75.6 Å². The van der Waals surface area contributed by atoms with E-state index in [4.69, 9.17) is 23.8 Å². The van der Waals surface area contributed by atoms with Gasteiger partial charge in [0.05, 0.1) is 39.7 Å². The summed E-state index contributed by atoms with van der Waals surface area (Å²) in [6, 6.07) is 8.91. The summed E-state index contributed by atoms with van der Waals surface area (Å²) in [5, 5.41) is 4.13. The van der Waals surface area contributed by atoms with Gasteiger partial charge >= 0.3 is 5.97 Å². The number of hydrogen-bond acceptors (Lipinski definition) is 7. The highest BCUT2D eigenvalue weighted by Crippen LogP contribution is 2.38. The van der Waals surface area contributed by atoms with E-state index in [1.165, 1.54) is 33.5 Å². The number of carbonyl (C=O) groups excluding carboxylic acids is 1. The van der Waals surface area contributed by atoms with Crippen LogP contribution in [0.25, 0.3) is 0 Å². The van der Waals surface area contributed by atoms with Gasteiger partial charge in [-0.15, -0.1) is 0 Å². The number of aryl methyl sites for hydroxylation is 1. The zero-order valence-corrected chi connectivity index (χ0v) is 16.4. The SMILES string of the molecule is COc1ccc2c(c1)/C(=N/OC(=O)c1cc(OC)c(OC)c(OC)c1)CCC2. The van der Waals surface area contributed by atoms with Gasteiger partial charge in [0.15, 0.2) is 11.5 Å². The van der Waals surface area contributed by atoms with Gasteiger partial charge < -0.3 is 23.8 Å². The lowest BCUT2D eigenvalue weighted by molar-refractivity contribution is 0.0514. The van der Waals surface area contributed by atoms with E-state index in [1.54, 1.807) is 7.11 Å². The smallest absolute Gasteiger partial charge is 0.366 e. The predicted molar refractivity (Wildman–Crippen MR) is 104 cm³/mol. The summed E-state index contributed by atoms with van der Waals surface area (Å²) in [4.78, 5) is 17.8. The molecule has 3 rings (SSSR count). The predicted octanol–water partition coefficient (Wildman–Crippen LogP) is 3.62. The normalized spacial score (nSPS) is 14.2. The van der Waals surface area contributed by atoms with Gasteiger partial charge in [0, 0.05) is 5.56 Å². The molecule has 0 amide bonds. The van der Waals surface area contributed by atoms with Crippen molar-refractivity contribution in [2.45, 2.75) is 19.3 Å². The number of hydrogen-bond donors (Lipinski definition) is 0. The standard InChI is InChI=1S/C21H23NO6/c1-24-15-9-8-13-6-5-7-17(16(13)12-15)22-28-21(23)14-10-18(25-2)20(27-4)19(11-14)26-3/h8-12H,5-7H2,1-4H3/b22-17+. The fourth-order valence-corrected chi connectivity index (χ4v) is 3.19. The van der Waals surface area contributed by atoms with Crippen LogP contribution in [0, 0.1) is 0 Å². The van der Waals surface area contributed by atoms with E-state index < -0.39 is 5.97 Å². The Morgan fingerprint density at radius 1 is 0.893 bits per heavy atom. The van der Waals surface area contributed by atoms with Gasteiger partial charge in [-0.3, -0.25) is 0 Å². The van der Waals surface area contributed by atoms with Gasteiger partial charge in [-0.05, 0) is 49.1 Å². The maximum Gasteiger partial charge on any atom is 0.366 e. The maximum atomic E-state index is 12.6. The van der Waals surface area contributed by atoms with Crippen molar-refractivity contribution in [3.05, 3.63) is 47.0 Å². The van der Waals surface area contributed by atoms with Crippen molar-refractivity contribution in [3.63, 3.8) is 0 Å². The van der Waals surface area contributed by atoms with E-state index in [9.17, 15) is 4.79 Å². The van der Waals surface area contributed by atoms with Crippen LogP contribution in [-0.2, 0) is 11.3 Å². The van der Waals surface area contributed by atoms with E-state index >= 15 is 0 Å². The average Bonchev–Trinajstić information content (AvgIpc) is 2.75. The molecular formula is C21H23NO6. The third-order valence-electron chi connectivity index (χ3n) is 4.63. The maximum absolute atomic E-state index is 12.6. The van der Waals surface area contributed by atoms with Gasteiger partial charge in [0.1, 0.15) is 5.75 Å². The number of fused-ring (bicyclic) bond motifs is 1. The second-order valence-electron chi connectivity index (χ2n) is 6.21. The Balaban J connectivity index is 1.87. The third-order valence-corrected chi connectivity index (χ3v) is 4.63. The quantitative estimate of drug-likeness (QED) is 0.558. The van der Waals surface area contributed by atoms with Crippen molar-refractivity contribution < 1.29 is 28.6 Å². The zero-order valence-electron chi connectivity index (χ0n) is 16.4. The monoisotopic (exact) mass is 385 g/mol. The molecule has 0 spiro atoms. The summed E-state index contributed by atoms with van der Waals surface area (Å²) in [6.45, 7) is 0. The van der Waals surface area contributed by atoms with Crippen LogP contribution >= 0.6 is 0 Å². The van der Waals surface area contributed by atoms with Crippen LogP contribution in [0.4, 0.5) is 0 Å². The molecule has 0 aromatic heterocycles. The van der Waals surface area contributed by atoms with E-state index in [0.29, 0.717) is 17.2 Å². The molecule has 0 saturated heterocycles. The minimum Gasteiger partial charge on any atom is -0.497 e.